The van der Waals surface area contributed by atoms with Crippen LogP contribution in [0.4, 0.5) is 20.3 Å². The van der Waals surface area contributed by atoms with Gasteiger partial charge in [0, 0.05) is 35.3 Å². The van der Waals surface area contributed by atoms with Crippen molar-refractivity contribution in [2.45, 2.75) is 17.9 Å². The number of amides is 2. The number of aliphatic hydroxyl groups is 2. The Bertz CT molecular complexity index is 1570. The fourth-order valence-corrected chi connectivity index (χ4v) is 4.92. The van der Waals surface area contributed by atoms with E-state index in [2.05, 4.69) is 10.3 Å². The first kappa shape index (κ1) is 27.4. The third kappa shape index (κ3) is 4.95. The predicted octanol–water partition coefficient (Wildman–Crippen LogP) is 5.52. The third-order valence-electron chi connectivity index (χ3n) is 6.93. The number of alkyl halides is 2. The molecule has 0 aliphatic carbocycles. The van der Waals surface area contributed by atoms with Gasteiger partial charge in [0.15, 0.2) is 5.60 Å². The molecule has 0 saturated heterocycles. The summed E-state index contributed by atoms with van der Waals surface area (Å²) in [6, 6.07) is 23.3. The summed E-state index contributed by atoms with van der Waals surface area (Å²) in [6.07, 6.45) is 0.336. The molecule has 1 atom stereocenters. The van der Waals surface area contributed by atoms with Crippen LogP contribution in [0.3, 0.4) is 0 Å². The van der Waals surface area contributed by atoms with Gasteiger partial charge in [0.2, 0.25) is 0 Å². The van der Waals surface area contributed by atoms with Crippen LogP contribution in [0.1, 0.15) is 32.7 Å². The predicted molar refractivity (Wildman–Crippen MR) is 148 cm³/mol. The number of hydrogen-bond acceptors (Lipinski definition) is 5. The smallest absolute Gasteiger partial charge is 0.284 e. The zero-order valence-electron chi connectivity index (χ0n) is 21.0. The van der Waals surface area contributed by atoms with Crippen LogP contribution in [0.5, 0.6) is 0 Å². The molecule has 0 fully saturated rings. The van der Waals surface area contributed by atoms with Gasteiger partial charge in [-0.25, -0.2) is 13.8 Å². The van der Waals surface area contributed by atoms with E-state index in [0.29, 0.717) is 5.56 Å². The molecular formula is C30H24ClF2N3O4. The Hall–Kier alpha value is -4.18. The summed E-state index contributed by atoms with van der Waals surface area (Å²) in [5.74, 6) is -4.59. The summed E-state index contributed by atoms with van der Waals surface area (Å²) < 4.78 is 29.9. The van der Waals surface area contributed by atoms with Crippen molar-refractivity contribution in [1.29, 1.82) is 0 Å². The number of fused-ring (bicyclic) bond motifs is 1. The highest BCUT2D eigenvalue weighted by Gasteiger charge is 2.56. The van der Waals surface area contributed by atoms with Crippen molar-refractivity contribution in [3.8, 4) is 11.1 Å². The lowest BCUT2D eigenvalue weighted by atomic mass is 9.86. The van der Waals surface area contributed by atoms with E-state index in [0.717, 1.165) is 22.1 Å². The van der Waals surface area contributed by atoms with Crippen molar-refractivity contribution in [2.24, 2.45) is 0 Å². The van der Waals surface area contributed by atoms with Crippen molar-refractivity contribution in [3.63, 3.8) is 0 Å². The van der Waals surface area contributed by atoms with E-state index in [1.54, 1.807) is 12.1 Å². The summed E-state index contributed by atoms with van der Waals surface area (Å²) in [4.78, 5) is 31.8. The largest absolute Gasteiger partial charge is 0.393 e. The van der Waals surface area contributed by atoms with E-state index in [-0.39, 0.29) is 27.7 Å². The lowest BCUT2D eigenvalue weighted by Crippen LogP contribution is -2.48. The lowest BCUT2D eigenvalue weighted by Gasteiger charge is -2.33. The van der Waals surface area contributed by atoms with Crippen LogP contribution in [0, 0.1) is 0 Å². The molecule has 1 aliphatic heterocycles. The molecule has 1 aromatic heterocycles. The number of aromatic nitrogens is 1. The molecule has 7 nitrogen and oxygen atoms in total. The van der Waals surface area contributed by atoms with Gasteiger partial charge < -0.3 is 20.4 Å². The van der Waals surface area contributed by atoms with Crippen molar-refractivity contribution < 1.29 is 28.6 Å². The summed E-state index contributed by atoms with van der Waals surface area (Å²) in [7, 11) is 0. The molecule has 0 radical (unpaired) electrons. The fraction of sp³-hybridized carbons (Fsp3) is 0.167. The lowest BCUT2D eigenvalue weighted by molar-refractivity contribution is -0.205. The van der Waals surface area contributed by atoms with Crippen molar-refractivity contribution >= 4 is 34.9 Å². The summed E-state index contributed by atoms with van der Waals surface area (Å²) in [5, 5.41) is 23.3. The zero-order valence-corrected chi connectivity index (χ0v) is 21.8. The van der Waals surface area contributed by atoms with Crippen LogP contribution >= 0.6 is 11.6 Å². The van der Waals surface area contributed by atoms with Crippen LogP contribution in [-0.2, 0) is 5.60 Å². The maximum Gasteiger partial charge on any atom is 0.284 e. The number of rotatable bonds is 5. The van der Waals surface area contributed by atoms with E-state index >= 15 is 0 Å². The highest BCUT2D eigenvalue weighted by atomic mass is 35.5. The number of hydrogen-bond donors (Lipinski definition) is 3. The molecule has 40 heavy (non-hydrogen) atoms. The first-order valence-corrected chi connectivity index (χ1v) is 12.8. The molecular weight excluding hydrogens is 540 g/mol. The molecule has 0 unspecified atom stereocenters. The number of carbonyl (C=O) groups is 2. The van der Waals surface area contributed by atoms with Gasteiger partial charge >= 0.3 is 0 Å². The SMILES string of the molecule is O=C(Nc1ccc(C(=O)N2CCC(F)(F)[C@](O)(CO)c3cc(Cl)ccc32)cn1)c1ccccc1-c1ccccc1. The van der Waals surface area contributed by atoms with E-state index in [4.69, 9.17) is 11.6 Å². The minimum absolute atomic E-state index is 0.00183. The molecule has 0 spiro atoms. The van der Waals surface area contributed by atoms with Crippen LogP contribution in [0.25, 0.3) is 11.1 Å². The quantitative estimate of drug-likeness (QED) is 0.297. The molecule has 2 heterocycles. The number of aliphatic hydroxyl groups excluding tert-OH is 1. The highest BCUT2D eigenvalue weighted by Crippen LogP contribution is 2.47. The van der Waals surface area contributed by atoms with E-state index in [1.807, 2.05) is 42.5 Å². The second-order valence-electron chi connectivity index (χ2n) is 9.39. The van der Waals surface area contributed by atoms with Gasteiger partial charge in [0.25, 0.3) is 17.7 Å². The summed E-state index contributed by atoms with van der Waals surface area (Å²) >= 11 is 6.01. The van der Waals surface area contributed by atoms with Crippen molar-refractivity contribution in [1.82, 2.24) is 4.98 Å². The van der Waals surface area contributed by atoms with Crippen LogP contribution in [0.15, 0.2) is 91.1 Å². The molecule has 204 valence electrons. The van der Waals surface area contributed by atoms with Crippen LogP contribution in [0.2, 0.25) is 5.02 Å². The fourth-order valence-electron chi connectivity index (χ4n) is 4.75. The van der Waals surface area contributed by atoms with Gasteiger partial charge in [-0.3, -0.25) is 9.59 Å². The maximum atomic E-state index is 15.0. The minimum Gasteiger partial charge on any atom is -0.393 e. The van der Waals surface area contributed by atoms with Crippen LogP contribution in [-0.4, -0.2) is 46.1 Å². The first-order valence-electron chi connectivity index (χ1n) is 12.4. The number of anilines is 2. The molecule has 3 N–H and O–H groups in total. The van der Waals surface area contributed by atoms with Crippen molar-refractivity contribution in [2.75, 3.05) is 23.4 Å². The number of halogens is 3. The second kappa shape index (κ2) is 10.8. The van der Waals surface area contributed by atoms with Gasteiger partial charge in [-0.1, -0.05) is 60.1 Å². The topological polar surface area (TPSA) is 103 Å². The van der Waals surface area contributed by atoms with E-state index in [1.165, 1.54) is 30.5 Å². The van der Waals surface area contributed by atoms with Crippen molar-refractivity contribution in [3.05, 3.63) is 113 Å². The molecule has 5 rings (SSSR count). The Labute approximate surface area is 233 Å². The maximum absolute atomic E-state index is 15.0. The Balaban J connectivity index is 1.40. The van der Waals surface area contributed by atoms with E-state index in [9.17, 15) is 28.6 Å². The average Bonchev–Trinajstić information content (AvgIpc) is 3.05. The minimum atomic E-state index is -3.74. The average molecular weight is 564 g/mol. The Morgan fingerprint density at radius 1 is 1.00 bits per heavy atom. The molecule has 0 saturated carbocycles. The summed E-state index contributed by atoms with van der Waals surface area (Å²) in [6.45, 7) is -1.70. The van der Waals surface area contributed by atoms with Gasteiger partial charge in [-0.05, 0) is 47.5 Å². The Morgan fingerprint density at radius 2 is 1.73 bits per heavy atom. The first-order chi connectivity index (χ1) is 19.1. The van der Waals surface area contributed by atoms with Gasteiger partial charge in [0.1, 0.15) is 5.82 Å². The molecule has 4 aromatic rings. The Kier molecular flexibility index (Phi) is 7.37. The van der Waals surface area contributed by atoms with Gasteiger partial charge in [-0.2, -0.15) is 0 Å². The third-order valence-corrected chi connectivity index (χ3v) is 7.17. The molecule has 2 amide bonds. The molecule has 0 bridgehead atoms. The number of pyridine rings is 1. The monoisotopic (exact) mass is 563 g/mol. The molecule has 1 aliphatic rings. The van der Waals surface area contributed by atoms with Crippen LogP contribution < -0.4 is 10.2 Å². The summed E-state index contributed by atoms with van der Waals surface area (Å²) in [5.41, 5.74) is -1.16. The highest BCUT2D eigenvalue weighted by molar-refractivity contribution is 6.30. The number of carbonyl (C=O) groups excluding carboxylic acids is 2. The zero-order chi connectivity index (χ0) is 28.5. The normalized spacial score (nSPS) is 18.0. The second-order valence-corrected chi connectivity index (χ2v) is 9.83. The van der Waals surface area contributed by atoms with Gasteiger partial charge in [0.05, 0.1) is 17.9 Å². The molecule has 3 aromatic carbocycles. The van der Waals surface area contributed by atoms with E-state index < -0.39 is 42.9 Å². The number of nitrogens with zero attached hydrogens (tertiary/aromatic N) is 2. The standard InChI is InChI=1S/C30H24ClF2N3O4/c31-21-11-12-25-24(16-21)29(40,18-37)30(32,33)14-15-36(25)28(39)20-10-13-26(34-17-20)35-27(38)23-9-5-4-8-22(23)19-6-2-1-3-7-19/h1-13,16-17,37,40H,14-15,18H2,(H,34,35,38)/t29-/m0/s1. The molecule has 10 heteroatoms. The Morgan fingerprint density at radius 3 is 2.42 bits per heavy atom. The number of nitrogens with one attached hydrogen (secondary N) is 1. The van der Waals surface area contributed by atoms with Gasteiger partial charge in [-0.15, -0.1) is 0 Å². The number of benzene rings is 3.